The Morgan fingerprint density at radius 1 is 0.905 bits per heavy atom. The lowest BCUT2D eigenvalue weighted by Crippen LogP contribution is -1.86. The molecule has 3 rings (SSSR count). The fourth-order valence-electron chi connectivity index (χ4n) is 2.23. The van der Waals surface area contributed by atoms with E-state index in [9.17, 15) is 0 Å². The Bertz CT molecular complexity index is 688. The molecule has 0 aliphatic heterocycles. The van der Waals surface area contributed by atoms with E-state index in [2.05, 4.69) is 85.8 Å². The molecule has 0 spiro atoms. The van der Waals surface area contributed by atoms with E-state index in [0.29, 0.717) is 0 Å². The first-order chi connectivity index (χ1) is 10.3. The number of rotatable bonds is 3. The zero-order valence-electron chi connectivity index (χ0n) is 12.1. The Hall–Kier alpha value is -1.99. The van der Waals surface area contributed by atoms with Crippen molar-refractivity contribution in [1.82, 2.24) is 0 Å². The molecule has 1 heteroatoms. The average molecular weight is 290 g/mol. The van der Waals surface area contributed by atoms with Crippen LogP contribution in [0.1, 0.15) is 17.5 Å². The predicted octanol–water partition coefficient (Wildman–Crippen LogP) is 6.01. The summed E-state index contributed by atoms with van der Waals surface area (Å²) in [6.45, 7) is 2.12. The second kappa shape index (κ2) is 6.64. The van der Waals surface area contributed by atoms with Gasteiger partial charge < -0.3 is 0 Å². The molecule has 0 saturated heterocycles. The maximum atomic E-state index is 2.30. The number of thioether (sulfide) groups is 1. The van der Waals surface area contributed by atoms with Gasteiger partial charge in [-0.25, -0.2) is 0 Å². The van der Waals surface area contributed by atoms with Crippen molar-refractivity contribution in [1.29, 1.82) is 0 Å². The second-order valence-electron chi connectivity index (χ2n) is 5.19. The average Bonchev–Trinajstić information content (AvgIpc) is 2.53. The van der Waals surface area contributed by atoms with Crippen molar-refractivity contribution in [3.63, 3.8) is 0 Å². The van der Waals surface area contributed by atoms with Gasteiger partial charge in [-0.05, 0) is 42.7 Å². The highest BCUT2D eigenvalue weighted by Crippen LogP contribution is 2.31. The van der Waals surface area contributed by atoms with Crippen molar-refractivity contribution in [3.05, 3.63) is 94.4 Å². The summed E-state index contributed by atoms with van der Waals surface area (Å²) < 4.78 is 0. The van der Waals surface area contributed by atoms with Gasteiger partial charge in [0.2, 0.25) is 0 Å². The molecule has 0 nitrogen and oxygen atoms in total. The summed E-state index contributed by atoms with van der Waals surface area (Å²) in [4.78, 5) is 2.62. The van der Waals surface area contributed by atoms with E-state index in [1.54, 1.807) is 0 Å². The predicted molar refractivity (Wildman–Crippen MR) is 93.3 cm³/mol. The first-order valence-corrected chi connectivity index (χ1v) is 8.00. The third-order valence-electron chi connectivity index (χ3n) is 3.41. The van der Waals surface area contributed by atoms with E-state index in [4.69, 9.17) is 0 Å². The molecule has 0 N–H and O–H groups in total. The molecule has 0 atom stereocenters. The zero-order chi connectivity index (χ0) is 14.5. The van der Waals surface area contributed by atoms with Crippen molar-refractivity contribution >= 4 is 17.8 Å². The third-order valence-corrected chi connectivity index (χ3v) is 4.46. The molecule has 2 aromatic carbocycles. The van der Waals surface area contributed by atoms with Gasteiger partial charge >= 0.3 is 0 Å². The summed E-state index contributed by atoms with van der Waals surface area (Å²) in [5, 5.41) is 0. The molecule has 0 radical (unpaired) electrons. The first kappa shape index (κ1) is 14.0. The van der Waals surface area contributed by atoms with Crippen LogP contribution in [0.4, 0.5) is 0 Å². The van der Waals surface area contributed by atoms with Crippen molar-refractivity contribution in [2.75, 3.05) is 0 Å². The smallest absolute Gasteiger partial charge is 0.0122 e. The normalized spacial score (nSPS) is 16.0. The highest BCUT2D eigenvalue weighted by Gasteiger charge is 2.03. The zero-order valence-corrected chi connectivity index (χ0v) is 12.9. The number of hydrogen-bond donors (Lipinski definition) is 0. The molecule has 21 heavy (non-hydrogen) atoms. The maximum Gasteiger partial charge on any atom is 0.0122 e. The topological polar surface area (TPSA) is 0 Å². The van der Waals surface area contributed by atoms with Crippen LogP contribution < -0.4 is 0 Å². The van der Waals surface area contributed by atoms with E-state index >= 15 is 0 Å². The summed E-state index contributed by atoms with van der Waals surface area (Å²) in [6, 6.07) is 19.2. The van der Waals surface area contributed by atoms with Crippen LogP contribution in [-0.4, -0.2) is 0 Å². The minimum atomic E-state index is 1.000. The standard InChI is InChI=1S/C20H18S/c1-16-7-11-19(12-8-16)21-20-13-9-18(10-14-20)15-17-5-3-2-4-6-17/h2-9,11-15H,10H2,1H3. The molecule has 0 amide bonds. The Balaban J connectivity index is 1.66. The van der Waals surface area contributed by atoms with Gasteiger partial charge in [0.05, 0.1) is 0 Å². The molecule has 0 unspecified atom stereocenters. The summed E-state index contributed by atoms with van der Waals surface area (Å²) in [6.07, 6.45) is 9.99. The minimum Gasteiger partial charge on any atom is -0.0904 e. The van der Waals surface area contributed by atoms with Crippen LogP contribution in [0.2, 0.25) is 0 Å². The summed E-state index contributed by atoms with van der Waals surface area (Å²) in [5.74, 6) is 0. The van der Waals surface area contributed by atoms with Crippen LogP contribution in [0.5, 0.6) is 0 Å². The van der Waals surface area contributed by atoms with Gasteiger partial charge in [0.15, 0.2) is 0 Å². The molecule has 2 aromatic rings. The summed E-state index contributed by atoms with van der Waals surface area (Å²) in [7, 11) is 0. The molecule has 1 aliphatic carbocycles. The van der Waals surface area contributed by atoms with E-state index in [0.717, 1.165) is 6.42 Å². The Morgan fingerprint density at radius 3 is 2.33 bits per heavy atom. The first-order valence-electron chi connectivity index (χ1n) is 7.18. The number of aryl methyl sites for hydroxylation is 1. The number of benzene rings is 2. The van der Waals surface area contributed by atoms with Crippen molar-refractivity contribution in [2.45, 2.75) is 18.2 Å². The lowest BCUT2D eigenvalue weighted by molar-refractivity contribution is 1.27. The number of hydrogen-bond acceptors (Lipinski definition) is 1. The maximum absolute atomic E-state index is 2.30. The third kappa shape index (κ3) is 3.99. The van der Waals surface area contributed by atoms with E-state index in [-0.39, 0.29) is 0 Å². The van der Waals surface area contributed by atoms with Crippen LogP contribution >= 0.6 is 11.8 Å². The van der Waals surface area contributed by atoms with Crippen LogP contribution in [0.15, 0.2) is 88.2 Å². The summed E-state index contributed by atoms with van der Waals surface area (Å²) >= 11 is 1.83. The quantitative estimate of drug-likeness (QED) is 0.666. The van der Waals surface area contributed by atoms with Crippen LogP contribution in [0.25, 0.3) is 6.08 Å². The lowest BCUT2D eigenvalue weighted by Gasteiger charge is -2.09. The molecular weight excluding hydrogens is 272 g/mol. The molecular formula is C20H18S. The number of allylic oxidation sites excluding steroid dienone is 4. The fourth-order valence-corrected chi connectivity index (χ4v) is 3.08. The Morgan fingerprint density at radius 2 is 1.67 bits per heavy atom. The largest absolute Gasteiger partial charge is 0.0904 e. The molecule has 0 heterocycles. The van der Waals surface area contributed by atoms with Crippen molar-refractivity contribution in [3.8, 4) is 0 Å². The molecule has 0 saturated carbocycles. The van der Waals surface area contributed by atoms with Gasteiger partial charge in [-0.2, -0.15) is 0 Å². The van der Waals surface area contributed by atoms with Gasteiger partial charge in [0.25, 0.3) is 0 Å². The van der Waals surface area contributed by atoms with Gasteiger partial charge in [-0.3, -0.25) is 0 Å². The molecule has 1 aliphatic rings. The van der Waals surface area contributed by atoms with Gasteiger partial charge in [-0.15, -0.1) is 0 Å². The molecule has 104 valence electrons. The van der Waals surface area contributed by atoms with Crippen molar-refractivity contribution in [2.24, 2.45) is 0 Å². The van der Waals surface area contributed by atoms with Gasteiger partial charge in [0.1, 0.15) is 0 Å². The van der Waals surface area contributed by atoms with Crippen LogP contribution in [0, 0.1) is 6.92 Å². The van der Waals surface area contributed by atoms with Gasteiger partial charge in [0, 0.05) is 9.80 Å². The SMILES string of the molecule is Cc1ccc(SC2=CCC(=Cc3ccccc3)C=C2)cc1. The van der Waals surface area contributed by atoms with Gasteiger partial charge in [-0.1, -0.05) is 78.0 Å². The second-order valence-corrected chi connectivity index (χ2v) is 6.34. The highest BCUT2D eigenvalue weighted by atomic mass is 32.2. The molecule has 0 bridgehead atoms. The minimum absolute atomic E-state index is 1.000. The van der Waals surface area contributed by atoms with Crippen LogP contribution in [-0.2, 0) is 0 Å². The fraction of sp³-hybridized carbons (Fsp3) is 0.100. The Labute approximate surface area is 130 Å². The van der Waals surface area contributed by atoms with E-state index in [1.165, 1.54) is 26.5 Å². The summed E-state index contributed by atoms with van der Waals surface area (Å²) in [5.41, 5.74) is 3.93. The van der Waals surface area contributed by atoms with Crippen molar-refractivity contribution < 1.29 is 0 Å². The van der Waals surface area contributed by atoms with E-state index < -0.39 is 0 Å². The molecule has 0 fully saturated rings. The monoisotopic (exact) mass is 290 g/mol. The van der Waals surface area contributed by atoms with Crippen LogP contribution in [0.3, 0.4) is 0 Å². The highest BCUT2D eigenvalue weighted by molar-refractivity contribution is 8.03. The molecule has 0 aromatic heterocycles. The lowest BCUT2D eigenvalue weighted by atomic mass is 10.0. The van der Waals surface area contributed by atoms with E-state index in [1.807, 2.05) is 11.8 Å². The Kier molecular flexibility index (Phi) is 4.42.